The highest BCUT2D eigenvalue weighted by molar-refractivity contribution is 7.18. The fraction of sp³-hybridized carbons (Fsp3) is 0.250. The van der Waals surface area contributed by atoms with Crippen LogP contribution >= 0.6 is 11.3 Å². The van der Waals surface area contributed by atoms with Crippen molar-refractivity contribution in [2.24, 2.45) is 0 Å². The zero-order chi connectivity index (χ0) is 17.6. The molecule has 0 saturated heterocycles. The Bertz CT molecular complexity index is 855. The Morgan fingerprint density at radius 3 is 2.72 bits per heavy atom. The Balaban J connectivity index is 0.000000569. The number of rotatable bonds is 2. The summed E-state index contributed by atoms with van der Waals surface area (Å²) in [7, 11) is 3.75. The van der Waals surface area contributed by atoms with Crippen molar-refractivity contribution in [2.75, 3.05) is 14.1 Å². The minimum absolute atomic E-state index is 0.974. The van der Waals surface area contributed by atoms with Gasteiger partial charge in [-0.2, -0.15) is 0 Å². The van der Waals surface area contributed by atoms with E-state index in [0.29, 0.717) is 0 Å². The number of thiazole rings is 1. The van der Waals surface area contributed by atoms with E-state index < -0.39 is 0 Å². The van der Waals surface area contributed by atoms with Gasteiger partial charge in [0.2, 0.25) is 0 Å². The van der Waals surface area contributed by atoms with E-state index >= 15 is 0 Å². The summed E-state index contributed by atoms with van der Waals surface area (Å²) in [5.41, 5.74) is 5.58. The number of hydrogen-bond acceptors (Lipinski definition) is 5. The van der Waals surface area contributed by atoms with Gasteiger partial charge < -0.3 is 5.32 Å². The van der Waals surface area contributed by atoms with Crippen LogP contribution in [0.1, 0.15) is 24.1 Å². The molecule has 0 aromatic carbocycles. The maximum Gasteiger partial charge on any atom is 0.125 e. The molecule has 5 heteroatoms. The van der Waals surface area contributed by atoms with Gasteiger partial charge >= 0.3 is 0 Å². The predicted molar refractivity (Wildman–Crippen MR) is 106 cm³/mol. The lowest BCUT2D eigenvalue weighted by Crippen LogP contribution is -2.04. The average molecular weight is 350 g/mol. The quantitative estimate of drug-likeness (QED) is 0.742. The lowest BCUT2D eigenvalue weighted by atomic mass is 9.92. The third-order valence-corrected chi connectivity index (χ3v) is 4.97. The van der Waals surface area contributed by atoms with E-state index in [9.17, 15) is 0 Å². The molecular formula is C20H22N4S. The lowest BCUT2D eigenvalue weighted by Gasteiger charge is -2.17. The highest BCUT2D eigenvalue weighted by Crippen LogP contribution is 2.34. The first kappa shape index (κ1) is 17.5. The summed E-state index contributed by atoms with van der Waals surface area (Å²) in [4.78, 5) is 14.6. The molecule has 0 fully saturated rings. The van der Waals surface area contributed by atoms with E-state index in [2.05, 4.69) is 34.0 Å². The van der Waals surface area contributed by atoms with Gasteiger partial charge in [0, 0.05) is 24.2 Å². The molecule has 128 valence electrons. The van der Waals surface area contributed by atoms with Crippen molar-refractivity contribution in [1.82, 2.24) is 20.3 Å². The molecule has 1 aliphatic carbocycles. The van der Waals surface area contributed by atoms with Crippen molar-refractivity contribution >= 4 is 16.9 Å². The summed E-state index contributed by atoms with van der Waals surface area (Å²) < 4.78 is 0. The monoisotopic (exact) mass is 350 g/mol. The van der Waals surface area contributed by atoms with Gasteiger partial charge in [-0.15, -0.1) is 11.3 Å². The van der Waals surface area contributed by atoms with Crippen molar-refractivity contribution in [3.8, 4) is 21.1 Å². The van der Waals surface area contributed by atoms with Gasteiger partial charge in [-0.05, 0) is 62.7 Å². The number of hydrogen-bond donors (Lipinski definition) is 1. The Labute approximate surface area is 152 Å². The number of allylic oxidation sites excluding steroid dienone is 1. The van der Waals surface area contributed by atoms with Crippen LogP contribution in [-0.4, -0.2) is 29.0 Å². The van der Waals surface area contributed by atoms with Gasteiger partial charge in [0.25, 0.3) is 0 Å². The number of pyridine rings is 2. The molecule has 0 bridgehead atoms. The molecule has 3 aromatic heterocycles. The first-order valence-corrected chi connectivity index (χ1v) is 9.17. The Morgan fingerprint density at radius 2 is 1.96 bits per heavy atom. The molecule has 1 aliphatic rings. The molecule has 4 nitrogen and oxygen atoms in total. The summed E-state index contributed by atoms with van der Waals surface area (Å²) in [6.45, 7) is 4.16. The van der Waals surface area contributed by atoms with Gasteiger partial charge in [-0.1, -0.05) is 12.6 Å². The highest BCUT2D eigenvalue weighted by Gasteiger charge is 2.16. The third kappa shape index (κ3) is 4.00. The van der Waals surface area contributed by atoms with Gasteiger partial charge in [-0.25, -0.2) is 9.97 Å². The molecule has 0 spiro atoms. The van der Waals surface area contributed by atoms with E-state index in [-0.39, 0.29) is 0 Å². The van der Waals surface area contributed by atoms with Gasteiger partial charge in [0.05, 0.1) is 16.3 Å². The molecule has 1 N–H and O–H groups in total. The molecule has 4 rings (SSSR count). The second-order valence-corrected chi connectivity index (χ2v) is 6.96. The topological polar surface area (TPSA) is 50.7 Å². The van der Waals surface area contributed by atoms with Crippen LogP contribution in [0.3, 0.4) is 0 Å². The molecule has 0 saturated carbocycles. The summed E-state index contributed by atoms with van der Waals surface area (Å²) in [6, 6.07) is 8.23. The summed E-state index contributed by atoms with van der Waals surface area (Å²) in [5.74, 6) is 0. The van der Waals surface area contributed by atoms with E-state index in [0.717, 1.165) is 45.3 Å². The van der Waals surface area contributed by atoms with E-state index in [1.807, 2.05) is 38.6 Å². The average Bonchev–Trinajstić information content (AvgIpc) is 3.13. The standard InChI is InChI=1S/C18H15N3S.C2H7N/c1-12-4-2-5-13-7-8-15(21-17(12)13)16-11-20-18(22-16)14-6-3-9-19-10-14;1-3-2/h3,6-11H,1-2,4-5H2;3H,1-2H3. The molecule has 0 radical (unpaired) electrons. The number of aryl methyl sites for hydroxylation is 1. The second kappa shape index (κ2) is 8.14. The minimum Gasteiger partial charge on any atom is -0.323 e. The number of fused-ring (bicyclic) bond motifs is 1. The first-order chi connectivity index (χ1) is 12.2. The molecule has 3 aromatic rings. The third-order valence-electron chi connectivity index (χ3n) is 3.90. The Kier molecular flexibility index (Phi) is 5.68. The lowest BCUT2D eigenvalue weighted by molar-refractivity contribution is 0.811. The van der Waals surface area contributed by atoms with Crippen LogP contribution in [0.2, 0.25) is 0 Å². The van der Waals surface area contributed by atoms with Gasteiger partial charge in [0.1, 0.15) is 5.01 Å². The van der Waals surface area contributed by atoms with E-state index in [4.69, 9.17) is 4.98 Å². The molecular weight excluding hydrogens is 328 g/mol. The number of aromatic nitrogens is 3. The van der Waals surface area contributed by atoms with Gasteiger partial charge in [-0.3, -0.25) is 4.98 Å². The fourth-order valence-corrected chi connectivity index (χ4v) is 3.63. The van der Waals surface area contributed by atoms with Crippen LogP contribution in [0.5, 0.6) is 0 Å². The summed E-state index contributed by atoms with van der Waals surface area (Å²) in [5, 5.41) is 3.72. The first-order valence-electron chi connectivity index (χ1n) is 8.36. The van der Waals surface area contributed by atoms with Crippen molar-refractivity contribution in [3.63, 3.8) is 0 Å². The zero-order valence-electron chi connectivity index (χ0n) is 14.6. The number of nitrogens with zero attached hydrogens (tertiary/aromatic N) is 3. The number of nitrogens with one attached hydrogen (secondary N) is 1. The maximum absolute atomic E-state index is 4.83. The smallest absolute Gasteiger partial charge is 0.125 e. The Hall–Kier alpha value is -2.37. The van der Waals surface area contributed by atoms with Crippen LogP contribution in [0.15, 0.2) is 49.4 Å². The molecule has 0 unspecified atom stereocenters. The van der Waals surface area contributed by atoms with Crippen molar-refractivity contribution < 1.29 is 0 Å². The van der Waals surface area contributed by atoms with Crippen LogP contribution in [0.25, 0.3) is 26.7 Å². The molecule has 25 heavy (non-hydrogen) atoms. The highest BCUT2D eigenvalue weighted by atomic mass is 32.1. The molecule has 0 amide bonds. The van der Waals surface area contributed by atoms with Crippen LogP contribution < -0.4 is 5.32 Å². The second-order valence-electron chi connectivity index (χ2n) is 5.93. The van der Waals surface area contributed by atoms with E-state index in [1.54, 1.807) is 17.5 Å². The SMILES string of the molecule is C=C1CCCc2ccc(-c3cnc(-c4cccnc4)s3)nc21.CNC. The largest absolute Gasteiger partial charge is 0.323 e. The summed E-state index contributed by atoms with van der Waals surface area (Å²) in [6.07, 6.45) is 8.84. The van der Waals surface area contributed by atoms with E-state index in [1.165, 1.54) is 12.0 Å². The maximum atomic E-state index is 4.83. The van der Waals surface area contributed by atoms with Crippen molar-refractivity contribution in [1.29, 1.82) is 0 Å². The minimum atomic E-state index is 0.974. The molecule has 0 aliphatic heterocycles. The van der Waals surface area contributed by atoms with Gasteiger partial charge in [0.15, 0.2) is 0 Å². The van der Waals surface area contributed by atoms with Crippen LogP contribution in [-0.2, 0) is 6.42 Å². The van der Waals surface area contributed by atoms with Crippen LogP contribution in [0.4, 0.5) is 0 Å². The summed E-state index contributed by atoms with van der Waals surface area (Å²) >= 11 is 1.65. The zero-order valence-corrected chi connectivity index (χ0v) is 15.4. The van der Waals surface area contributed by atoms with Crippen molar-refractivity contribution in [3.05, 3.63) is 60.7 Å². The van der Waals surface area contributed by atoms with Crippen LogP contribution in [0, 0.1) is 0 Å². The van der Waals surface area contributed by atoms with Crippen molar-refractivity contribution in [2.45, 2.75) is 19.3 Å². The molecule has 0 atom stereocenters. The molecule has 3 heterocycles. The Morgan fingerprint density at radius 1 is 1.12 bits per heavy atom. The predicted octanol–water partition coefficient (Wildman–Crippen LogP) is 4.45. The fourth-order valence-electron chi connectivity index (χ4n) is 2.76. The normalized spacial score (nSPS) is 13.0.